The number of morpholine rings is 1. The molecule has 1 amide bonds. The average Bonchev–Trinajstić information content (AvgIpc) is 2.85. The van der Waals surface area contributed by atoms with E-state index < -0.39 is 10.0 Å². The predicted octanol–water partition coefficient (Wildman–Crippen LogP) is 3.56. The van der Waals surface area contributed by atoms with Gasteiger partial charge in [-0.05, 0) is 41.0 Å². The molecule has 1 heterocycles. The predicted molar refractivity (Wildman–Crippen MR) is 127 cm³/mol. The van der Waals surface area contributed by atoms with Gasteiger partial charge in [-0.2, -0.15) is 4.31 Å². The second-order valence-corrected chi connectivity index (χ2v) is 9.58. The summed E-state index contributed by atoms with van der Waals surface area (Å²) in [5.41, 5.74) is 3.42. The molecular formula is C25H26N2O5S. The zero-order chi connectivity index (χ0) is 23.3. The lowest BCUT2D eigenvalue weighted by Gasteiger charge is -2.26. The first-order valence-electron chi connectivity index (χ1n) is 10.7. The Kier molecular flexibility index (Phi) is 7.08. The molecule has 1 aliphatic rings. The maximum atomic E-state index is 13.1. The maximum absolute atomic E-state index is 13.1. The molecule has 0 bridgehead atoms. The number of sulfonamides is 1. The van der Waals surface area contributed by atoms with Crippen LogP contribution < -0.4 is 10.1 Å². The minimum absolute atomic E-state index is 0.0378. The number of carbonyl (C=O) groups is 1. The van der Waals surface area contributed by atoms with Gasteiger partial charge in [0.05, 0.1) is 26.7 Å². The Morgan fingerprint density at radius 1 is 0.970 bits per heavy atom. The van der Waals surface area contributed by atoms with Crippen molar-refractivity contribution in [1.29, 1.82) is 0 Å². The lowest BCUT2D eigenvalue weighted by atomic mass is 10.1. The monoisotopic (exact) mass is 466 g/mol. The van der Waals surface area contributed by atoms with Crippen LogP contribution in [-0.2, 0) is 26.0 Å². The van der Waals surface area contributed by atoms with E-state index in [0.717, 1.165) is 11.1 Å². The van der Waals surface area contributed by atoms with Crippen LogP contribution in [0.1, 0.15) is 5.56 Å². The molecule has 8 heteroatoms. The van der Waals surface area contributed by atoms with E-state index in [0.29, 0.717) is 24.5 Å². The second kappa shape index (κ2) is 10.2. The van der Waals surface area contributed by atoms with Gasteiger partial charge in [0.15, 0.2) is 0 Å². The smallest absolute Gasteiger partial charge is 0.246 e. The summed E-state index contributed by atoms with van der Waals surface area (Å²) in [5.74, 6) is 0.0181. The summed E-state index contributed by atoms with van der Waals surface area (Å²) in [6.45, 7) is 1.28. The van der Waals surface area contributed by atoms with Gasteiger partial charge in [0, 0.05) is 18.8 Å². The van der Waals surface area contributed by atoms with E-state index in [1.807, 2.05) is 54.6 Å². The van der Waals surface area contributed by atoms with Crippen LogP contribution in [0.25, 0.3) is 11.1 Å². The molecule has 3 aromatic rings. The van der Waals surface area contributed by atoms with Crippen LogP contribution in [0.5, 0.6) is 5.75 Å². The first-order valence-corrected chi connectivity index (χ1v) is 12.1. The van der Waals surface area contributed by atoms with Gasteiger partial charge in [0.25, 0.3) is 0 Å². The molecule has 1 N–H and O–H groups in total. The molecule has 172 valence electrons. The van der Waals surface area contributed by atoms with Gasteiger partial charge in [-0.3, -0.25) is 4.79 Å². The van der Waals surface area contributed by atoms with Crippen molar-refractivity contribution in [3.63, 3.8) is 0 Å². The fourth-order valence-corrected chi connectivity index (χ4v) is 5.34. The number of anilines is 1. The van der Waals surface area contributed by atoms with Gasteiger partial charge < -0.3 is 14.8 Å². The Bertz CT molecular complexity index is 1210. The molecule has 0 atom stereocenters. The Hall–Kier alpha value is -3.20. The fraction of sp³-hybridized carbons (Fsp3) is 0.240. The van der Waals surface area contributed by atoms with Crippen molar-refractivity contribution in [3.05, 3.63) is 78.4 Å². The number of carbonyl (C=O) groups excluding carboxylic acids is 1. The molecular weight excluding hydrogens is 440 g/mol. The van der Waals surface area contributed by atoms with Crippen molar-refractivity contribution >= 4 is 21.6 Å². The molecule has 0 aromatic heterocycles. The van der Waals surface area contributed by atoms with Crippen molar-refractivity contribution < 1.29 is 22.7 Å². The normalized spacial score (nSPS) is 14.6. The largest absolute Gasteiger partial charge is 0.495 e. The standard InChI is InChI=1S/C25H26N2O5S/c1-31-23-12-7-19(17-24(23)33(29,30)27-13-15-32-16-14-27)18-25(28)26-22-10-8-21(9-11-22)20-5-3-2-4-6-20/h2-12,17H,13-16,18H2,1H3,(H,26,28). The molecule has 33 heavy (non-hydrogen) atoms. The van der Waals surface area contributed by atoms with E-state index in [1.54, 1.807) is 12.1 Å². The van der Waals surface area contributed by atoms with Crippen molar-refractivity contribution in [2.75, 3.05) is 38.7 Å². The maximum Gasteiger partial charge on any atom is 0.246 e. The third-order valence-electron chi connectivity index (χ3n) is 5.46. The topological polar surface area (TPSA) is 84.9 Å². The molecule has 0 saturated carbocycles. The second-order valence-electron chi connectivity index (χ2n) is 7.67. The number of methoxy groups -OCH3 is 1. The number of rotatable bonds is 7. The highest BCUT2D eigenvalue weighted by Crippen LogP contribution is 2.29. The number of nitrogens with zero attached hydrogens (tertiary/aromatic N) is 1. The van der Waals surface area contributed by atoms with Crippen LogP contribution in [-0.4, -0.2) is 52.0 Å². The van der Waals surface area contributed by atoms with Gasteiger partial charge in [-0.1, -0.05) is 48.5 Å². The highest BCUT2D eigenvalue weighted by atomic mass is 32.2. The summed E-state index contributed by atoms with van der Waals surface area (Å²) in [6, 6.07) is 22.4. The number of nitrogens with one attached hydrogen (secondary N) is 1. The van der Waals surface area contributed by atoms with Crippen molar-refractivity contribution in [2.45, 2.75) is 11.3 Å². The Morgan fingerprint density at radius 2 is 1.64 bits per heavy atom. The molecule has 1 aliphatic heterocycles. The van der Waals surface area contributed by atoms with E-state index in [2.05, 4.69) is 5.32 Å². The number of ether oxygens (including phenoxy) is 2. The van der Waals surface area contributed by atoms with Gasteiger partial charge in [0.1, 0.15) is 10.6 Å². The molecule has 1 saturated heterocycles. The summed E-state index contributed by atoms with van der Waals surface area (Å²) < 4.78 is 38.2. The number of amides is 1. The highest BCUT2D eigenvalue weighted by molar-refractivity contribution is 7.89. The first-order chi connectivity index (χ1) is 16.0. The molecule has 1 fully saturated rings. The molecule has 0 unspecified atom stereocenters. The van der Waals surface area contributed by atoms with Crippen LogP contribution in [0.2, 0.25) is 0 Å². The summed E-state index contributed by atoms with van der Waals surface area (Å²) in [5, 5.41) is 2.87. The summed E-state index contributed by atoms with van der Waals surface area (Å²) in [7, 11) is -2.33. The van der Waals surface area contributed by atoms with Gasteiger partial charge in [0.2, 0.25) is 15.9 Å². The quantitative estimate of drug-likeness (QED) is 0.576. The van der Waals surface area contributed by atoms with Crippen LogP contribution >= 0.6 is 0 Å². The number of hydrogen-bond donors (Lipinski definition) is 1. The van der Waals surface area contributed by atoms with Gasteiger partial charge >= 0.3 is 0 Å². The van der Waals surface area contributed by atoms with Gasteiger partial charge in [-0.25, -0.2) is 8.42 Å². The van der Waals surface area contributed by atoms with E-state index in [-0.39, 0.29) is 36.1 Å². The van der Waals surface area contributed by atoms with Crippen LogP contribution in [0.3, 0.4) is 0 Å². The third-order valence-corrected chi connectivity index (χ3v) is 7.38. The summed E-state index contributed by atoms with van der Waals surface area (Å²) in [4.78, 5) is 12.7. The summed E-state index contributed by atoms with van der Waals surface area (Å²) >= 11 is 0. The van der Waals surface area contributed by atoms with Crippen molar-refractivity contribution in [3.8, 4) is 16.9 Å². The van der Waals surface area contributed by atoms with E-state index in [1.165, 1.54) is 17.5 Å². The van der Waals surface area contributed by atoms with E-state index >= 15 is 0 Å². The van der Waals surface area contributed by atoms with E-state index in [9.17, 15) is 13.2 Å². The third kappa shape index (κ3) is 5.42. The van der Waals surface area contributed by atoms with Crippen molar-refractivity contribution in [1.82, 2.24) is 4.31 Å². The number of benzene rings is 3. The lowest BCUT2D eigenvalue weighted by Crippen LogP contribution is -2.40. The zero-order valence-electron chi connectivity index (χ0n) is 18.4. The highest BCUT2D eigenvalue weighted by Gasteiger charge is 2.29. The Labute approximate surface area is 194 Å². The molecule has 0 aliphatic carbocycles. The molecule has 4 rings (SSSR count). The van der Waals surface area contributed by atoms with Crippen LogP contribution in [0.15, 0.2) is 77.7 Å². The first kappa shape index (κ1) is 23.0. The molecule has 3 aromatic carbocycles. The van der Waals surface area contributed by atoms with Crippen molar-refractivity contribution in [2.24, 2.45) is 0 Å². The fourth-order valence-electron chi connectivity index (χ4n) is 3.73. The van der Waals surface area contributed by atoms with E-state index in [4.69, 9.17) is 9.47 Å². The van der Waals surface area contributed by atoms with Crippen LogP contribution in [0, 0.1) is 0 Å². The van der Waals surface area contributed by atoms with Gasteiger partial charge in [-0.15, -0.1) is 0 Å². The molecule has 0 radical (unpaired) electrons. The zero-order valence-corrected chi connectivity index (χ0v) is 19.2. The average molecular weight is 467 g/mol. The van der Waals surface area contributed by atoms with Crippen LogP contribution in [0.4, 0.5) is 5.69 Å². The lowest BCUT2D eigenvalue weighted by molar-refractivity contribution is -0.115. The molecule has 7 nitrogen and oxygen atoms in total. The molecule has 0 spiro atoms. The Balaban J connectivity index is 1.47. The number of hydrogen-bond acceptors (Lipinski definition) is 5. The summed E-state index contributed by atoms with van der Waals surface area (Å²) in [6.07, 6.45) is 0.0378. The minimum Gasteiger partial charge on any atom is -0.495 e. The Morgan fingerprint density at radius 3 is 2.30 bits per heavy atom. The minimum atomic E-state index is -3.76. The SMILES string of the molecule is COc1ccc(CC(=O)Nc2ccc(-c3ccccc3)cc2)cc1S(=O)(=O)N1CCOCC1.